The molecule has 0 aliphatic rings. The van der Waals surface area contributed by atoms with Gasteiger partial charge in [0.15, 0.2) is 0 Å². The van der Waals surface area contributed by atoms with Gasteiger partial charge in [0.05, 0.1) is 29.2 Å². The van der Waals surface area contributed by atoms with Gasteiger partial charge < -0.3 is 5.32 Å². The minimum atomic E-state index is -0.0911. The van der Waals surface area contributed by atoms with Crippen molar-refractivity contribution >= 4 is 5.91 Å². The van der Waals surface area contributed by atoms with Crippen LogP contribution in [0.3, 0.4) is 0 Å². The average molecular weight is 333 g/mol. The maximum atomic E-state index is 12.7. The quantitative estimate of drug-likeness (QED) is 0.759. The Labute approximate surface area is 148 Å². The van der Waals surface area contributed by atoms with E-state index in [-0.39, 0.29) is 11.9 Å². The van der Waals surface area contributed by atoms with E-state index in [4.69, 9.17) is 0 Å². The zero-order valence-electron chi connectivity index (χ0n) is 14.9. The molecule has 2 aromatic carbocycles. The van der Waals surface area contributed by atoms with Crippen molar-refractivity contribution in [1.82, 2.24) is 15.1 Å². The molecular weight excluding hydrogens is 310 g/mol. The minimum absolute atomic E-state index is 0.0545. The smallest absolute Gasteiger partial charge is 0.255 e. The van der Waals surface area contributed by atoms with E-state index >= 15 is 0 Å². The van der Waals surface area contributed by atoms with E-state index in [2.05, 4.69) is 17.3 Å². The number of carbonyl (C=O) groups is 1. The summed E-state index contributed by atoms with van der Waals surface area (Å²) >= 11 is 0. The Morgan fingerprint density at radius 3 is 2.44 bits per heavy atom. The SMILES string of the molecule is CCc1c(C(=O)NC(C)c2ccccc2)cnn1-c1ccc(C)cc1. The predicted octanol–water partition coefficient (Wildman–Crippen LogP) is 4.23. The van der Waals surface area contributed by atoms with Crippen LogP contribution in [0.15, 0.2) is 60.8 Å². The second-order valence-electron chi connectivity index (χ2n) is 6.21. The molecule has 128 valence electrons. The average Bonchev–Trinajstić information content (AvgIpc) is 3.07. The first-order chi connectivity index (χ1) is 12.1. The fourth-order valence-corrected chi connectivity index (χ4v) is 2.91. The van der Waals surface area contributed by atoms with Crippen LogP contribution < -0.4 is 5.32 Å². The van der Waals surface area contributed by atoms with Gasteiger partial charge >= 0.3 is 0 Å². The van der Waals surface area contributed by atoms with Gasteiger partial charge in [0, 0.05) is 0 Å². The molecule has 0 fully saturated rings. The lowest BCUT2D eigenvalue weighted by Gasteiger charge is -2.14. The van der Waals surface area contributed by atoms with Crippen LogP contribution in [-0.4, -0.2) is 15.7 Å². The first kappa shape index (κ1) is 17.0. The highest BCUT2D eigenvalue weighted by molar-refractivity contribution is 5.95. The van der Waals surface area contributed by atoms with Gasteiger partial charge in [-0.25, -0.2) is 4.68 Å². The third-order valence-electron chi connectivity index (χ3n) is 4.37. The lowest BCUT2D eigenvalue weighted by molar-refractivity contribution is 0.0939. The number of rotatable bonds is 5. The van der Waals surface area contributed by atoms with E-state index in [0.29, 0.717) is 5.56 Å². The lowest BCUT2D eigenvalue weighted by atomic mass is 10.1. The zero-order valence-corrected chi connectivity index (χ0v) is 14.9. The number of carbonyl (C=O) groups excluding carboxylic acids is 1. The highest BCUT2D eigenvalue weighted by Crippen LogP contribution is 2.18. The zero-order chi connectivity index (χ0) is 17.8. The second kappa shape index (κ2) is 7.34. The first-order valence-electron chi connectivity index (χ1n) is 8.60. The van der Waals surface area contributed by atoms with Gasteiger partial charge in [0.1, 0.15) is 0 Å². The number of aryl methyl sites for hydroxylation is 1. The molecule has 1 heterocycles. The van der Waals surface area contributed by atoms with Crippen molar-refractivity contribution in [2.45, 2.75) is 33.2 Å². The number of aromatic nitrogens is 2. The molecule has 25 heavy (non-hydrogen) atoms. The Hall–Kier alpha value is -2.88. The van der Waals surface area contributed by atoms with E-state index in [1.807, 2.05) is 73.1 Å². The van der Waals surface area contributed by atoms with E-state index < -0.39 is 0 Å². The van der Waals surface area contributed by atoms with Gasteiger partial charge in [-0.2, -0.15) is 5.10 Å². The van der Waals surface area contributed by atoms with Crippen molar-refractivity contribution < 1.29 is 4.79 Å². The van der Waals surface area contributed by atoms with E-state index in [0.717, 1.165) is 23.4 Å². The van der Waals surface area contributed by atoms with Crippen LogP contribution in [0.5, 0.6) is 0 Å². The fraction of sp³-hybridized carbons (Fsp3) is 0.238. The summed E-state index contributed by atoms with van der Waals surface area (Å²) < 4.78 is 1.85. The van der Waals surface area contributed by atoms with Gasteiger partial charge in [0.2, 0.25) is 0 Å². The third kappa shape index (κ3) is 3.63. The lowest BCUT2D eigenvalue weighted by Crippen LogP contribution is -2.27. The topological polar surface area (TPSA) is 46.9 Å². The molecule has 1 atom stereocenters. The molecule has 1 unspecified atom stereocenters. The number of nitrogens with one attached hydrogen (secondary N) is 1. The maximum absolute atomic E-state index is 12.7. The van der Waals surface area contributed by atoms with Gasteiger partial charge in [-0.3, -0.25) is 4.79 Å². The maximum Gasteiger partial charge on any atom is 0.255 e. The molecule has 0 aliphatic heterocycles. The molecule has 0 aliphatic carbocycles. The van der Waals surface area contributed by atoms with E-state index in [9.17, 15) is 4.79 Å². The van der Waals surface area contributed by atoms with Crippen molar-refractivity contribution in [3.8, 4) is 5.69 Å². The standard InChI is InChI=1S/C21H23N3O/c1-4-20-19(14-22-24(20)18-12-10-15(2)11-13-18)21(25)23-16(3)17-8-6-5-7-9-17/h5-14,16H,4H2,1-3H3,(H,23,25). The van der Waals surface area contributed by atoms with Gasteiger partial charge in [0.25, 0.3) is 5.91 Å². The van der Waals surface area contributed by atoms with Crippen LogP contribution in [-0.2, 0) is 6.42 Å². The summed E-state index contributed by atoms with van der Waals surface area (Å²) in [5, 5.41) is 7.51. The molecular formula is C21H23N3O. The summed E-state index contributed by atoms with van der Waals surface area (Å²) in [6.45, 7) is 6.08. The van der Waals surface area contributed by atoms with E-state index in [1.54, 1.807) is 6.20 Å². The summed E-state index contributed by atoms with van der Waals surface area (Å²) in [6, 6.07) is 18.0. The van der Waals surface area contributed by atoms with Crippen LogP contribution >= 0.6 is 0 Å². The fourth-order valence-electron chi connectivity index (χ4n) is 2.91. The van der Waals surface area contributed by atoms with Gasteiger partial charge in [-0.15, -0.1) is 0 Å². The highest BCUT2D eigenvalue weighted by atomic mass is 16.1. The third-order valence-corrected chi connectivity index (χ3v) is 4.37. The Morgan fingerprint density at radius 2 is 1.80 bits per heavy atom. The van der Waals surface area contributed by atoms with Crippen LogP contribution in [0, 0.1) is 6.92 Å². The second-order valence-corrected chi connectivity index (χ2v) is 6.21. The predicted molar refractivity (Wildman–Crippen MR) is 100 cm³/mol. The molecule has 0 saturated heterocycles. The molecule has 0 spiro atoms. The number of hydrogen-bond acceptors (Lipinski definition) is 2. The van der Waals surface area contributed by atoms with Crippen LogP contribution in [0.4, 0.5) is 0 Å². The molecule has 3 aromatic rings. The number of benzene rings is 2. The molecule has 4 heteroatoms. The Kier molecular flexibility index (Phi) is 4.98. The molecule has 0 bridgehead atoms. The first-order valence-corrected chi connectivity index (χ1v) is 8.60. The van der Waals surface area contributed by atoms with Crippen LogP contribution in [0.1, 0.15) is 47.1 Å². The summed E-state index contributed by atoms with van der Waals surface area (Å²) in [5.74, 6) is -0.0911. The number of amides is 1. The van der Waals surface area contributed by atoms with Gasteiger partial charge in [-0.1, -0.05) is 55.0 Å². The molecule has 3 rings (SSSR count). The summed E-state index contributed by atoms with van der Waals surface area (Å²) in [4.78, 5) is 12.7. The molecule has 1 N–H and O–H groups in total. The minimum Gasteiger partial charge on any atom is -0.345 e. The van der Waals surface area contributed by atoms with Crippen molar-refractivity contribution in [2.75, 3.05) is 0 Å². The van der Waals surface area contributed by atoms with Crippen molar-refractivity contribution in [3.05, 3.63) is 83.2 Å². The Balaban J connectivity index is 1.85. The molecule has 1 aromatic heterocycles. The van der Waals surface area contributed by atoms with Crippen molar-refractivity contribution in [1.29, 1.82) is 0 Å². The molecule has 4 nitrogen and oxygen atoms in total. The molecule has 0 radical (unpaired) electrons. The Bertz CT molecular complexity index is 851. The van der Waals surface area contributed by atoms with Gasteiger partial charge in [-0.05, 0) is 38.0 Å². The summed E-state index contributed by atoms with van der Waals surface area (Å²) in [7, 11) is 0. The molecule has 1 amide bonds. The van der Waals surface area contributed by atoms with Crippen LogP contribution in [0.25, 0.3) is 5.69 Å². The number of hydrogen-bond donors (Lipinski definition) is 1. The Morgan fingerprint density at radius 1 is 1.12 bits per heavy atom. The summed E-state index contributed by atoms with van der Waals surface area (Å²) in [6.07, 6.45) is 2.39. The monoisotopic (exact) mass is 333 g/mol. The van der Waals surface area contributed by atoms with Crippen molar-refractivity contribution in [2.24, 2.45) is 0 Å². The van der Waals surface area contributed by atoms with Crippen LogP contribution in [0.2, 0.25) is 0 Å². The van der Waals surface area contributed by atoms with Crippen molar-refractivity contribution in [3.63, 3.8) is 0 Å². The summed E-state index contributed by atoms with van der Waals surface area (Å²) in [5.41, 5.74) is 4.80. The highest BCUT2D eigenvalue weighted by Gasteiger charge is 2.19. The largest absolute Gasteiger partial charge is 0.345 e. The normalized spacial score (nSPS) is 12.0. The molecule has 0 saturated carbocycles. The number of nitrogens with zero attached hydrogens (tertiary/aromatic N) is 2. The van der Waals surface area contributed by atoms with E-state index in [1.165, 1.54) is 5.56 Å².